The third-order valence-electron chi connectivity index (χ3n) is 4.22. The molecule has 31 heavy (non-hydrogen) atoms. The summed E-state index contributed by atoms with van der Waals surface area (Å²) in [5.74, 6) is -1.50. The van der Waals surface area contributed by atoms with Gasteiger partial charge in [-0.1, -0.05) is 12.1 Å². The SMILES string of the molecule is Cc1nc2ccc(-c3ccccc3OC(F)(F)F)nn2c1C(=O)Nc1ccc(F)cn1. The zero-order chi connectivity index (χ0) is 22.2. The number of halogens is 4. The molecule has 11 heteroatoms. The number of imidazole rings is 1. The number of nitrogens with zero attached hydrogens (tertiary/aromatic N) is 4. The van der Waals surface area contributed by atoms with Crippen molar-refractivity contribution >= 4 is 17.4 Å². The average Bonchev–Trinajstić information content (AvgIpc) is 3.04. The number of aryl methyl sites for hydroxylation is 1. The van der Waals surface area contributed by atoms with Gasteiger partial charge in [0.25, 0.3) is 5.91 Å². The molecule has 0 unspecified atom stereocenters. The molecule has 0 atom stereocenters. The first-order chi connectivity index (χ1) is 14.7. The van der Waals surface area contributed by atoms with Gasteiger partial charge in [-0.3, -0.25) is 4.79 Å². The van der Waals surface area contributed by atoms with E-state index >= 15 is 0 Å². The van der Waals surface area contributed by atoms with E-state index in [4.69, 9.17) is 0 Å². The van der Waals surface area contributed by atoms with E-state index in [1.54, 1.807) is 6.92 Å². The van der Waals surface area contributed by atoms with Gasteiger partial charge in [-0.2, -0.15) is 5.10 Å². The summed E-state index contributed by atoms with van der Waals surface area (Å²) in [5.41, 5.74) is 0.923. The molecule has 0 saturated carbocycles. The summed E-state index contributed by atoms with van der Waals surface area (Å²) < 4.78 is 56.6. The Morgan fingerprint density at radius 3 is 2.58 bits per heavy atom. The van der Waals surface area contributed by atoms with E-state index in [1.807, 2.05) is 0 Å². The highest BCUT2D eigenvalue weighted by Gasteiger charge is 2.32. The number of nitrogens with one attached hydrogen (secondary N) is 1. The van der Waals surface area contributed by atoms with Crippen molar-refractivity contribution in [2.75, 3.05) is 5.32 Å². The Balaban J connectivity index is 1.75. The first-order valence-electron chi connectivity index (χ1n) is 8.86. The number of carbonyl (C=O) groups is 1. The molecule has 1 aromatic carbocycles. The van der Waals surface area contributed by atoms with Crippen LogP contribution >= 0.6 is 0 Å². The first kappa shape index (κ1) is 20.3. The maximum atomic E-state index is 13.0. The lowest BCUT2D eigenvalue weighted by Gasteiger charge is -2.13. The minimum absolute atomic E-state index is 0.0530. The number of carbonyl (C=O) groups excluding carboxylic acids is 1. The highest BCUT2D eigenvalue weighted by Crippen LogP contribution is 2.32. The van der Waals surface area contributed by atoms with Crippen LogP contribution in [-0.2, 0) is 0 Å². The highest BCUT2D eigenvalue weighted by molar-refractivity contribution is 6.03. The molecule has 0 bridgehead atoms. The second-order valence-electron chi connectivity index (χ2n) is 6.39. The molecule has 3 heterocycles. The summed E-state index contributed by atoms with van der Waals surface area (Å²) in [6.45, 7) is 1.59. The Labute approximate surface area is 172 Å². The van der Waals surface area contributed by atoms with Crippen LogP contribution in [0, 0.1) is 12.7 Å². The van der Waals surface area contributed by atoms with E-state index in [2.05, 4.69) is 25.1 Å². The smallest absolute Gasteiger partial charge is 0.405 e. The van der Waals surface area contributed by atoms with Crippen LogP contribution in [0.5, 0.6) is 5.75 Å². The summed E-state index contributed by atoms with van der Waals surface area (Å²) in [7, 11) is 0. The molecule has 1 N–H and O–H groups in total. The van der Waals surface area contributed by atoms with Gasteiger partial charge in [-0.15, -0.1) is 13.2 Å². The van der Waals surface area contributed by atoms with Crippen molar-refractivity contribution in [1.29, 1.82) is 0 Å². The van der Waals surface area contributed by atoms with Crippen molar-refractivity contribution < 1.29 is 27.1 Å². The van der Waals surface area contributed by atoms with Crippen LogP contribution in [-0.4, -0.2) is 31.9 Å². The minimum Gasteiger partial charge on any atom is -0.405 e. The molecule has 0 saturated heterocycles. The predicted octanol–water partition coefficient (Wildman–Crippen LogP) is 4.39. The molecule has 0 fully saturated rings. The quantitative estimate of drug-likeness (QED) is 0.485. The van der Waals surface area contributed by atoms with Crippen LogP contribution in [0.1, 0.15) is 16.2 Å². The van der Waals surface area contributed by atoms with Crippen molar-refractivity contribution in [2.24, 2.45) is 0 Å². The normalized spacial score (nSPS) is 11.5. The lowest BCUT2D eigenvalue weighted by molar-refractivity contribution is -0.274. The fourth-order valence-corrected chi connectivity index (χ4v) is 2.96. The van der Waals surface area contributed by atoms with E-state index in [9.17, 15) is 22.4 Å². The van der Waals surface area contributed by atoms with Crippen LogP contribution in [0.15, 0.2) is 54.7 Å². The number of aromatic nitrogens is 4. The molecule has 1 amide bonds. The lowest BCUT2D eigenvalue weighted by atomic mass is 10.1. The van der Waals surface area contributed by atoms with Gasteiger partial charge in [0.15, 0.2) is 11.3 Å². The molecule has 0 aliphatic carbocycles. The number of hydrogen-bond acceptors (Lipinski definition) is 5. The number of para-hydroxylation sites is 1. The molecule has 0 aliphatic heterocycles. The van der Waals surface area contributed by atoms with E-state index in [1.165, 1.54) is 47.0 Å². The van der Waals surface area contributed by atoms with Crippen molar-refractivity contribution in [3.63, 3.8) is 0 Å². The number of rotatable bonds is 4. The number of pyridine rings is 1. The summed E-state index contributed by atoms with van der Waals surface area (Å²) in [5, 5.41) is 6.81. The van der Waals surface area contributed by atoms with Crippen molar-refractivity contribution in [2.45, 2.75) is 13.3 Å². The number of benzene rings is 1. The Morgan fingerprint density at radius 1 is 1.10 bits per heavy atom. The average molecular weight is 431 g/mol. The van der Waals surface area contributed by atoms with E-state index in [0.29, 0.717) is 11.3 Å². The van der Waals surface area contributed by atoms with Gasteiger partial charge in [0.05, 0.1) is 17.6 Å². The van der Waals surface area contributed by atoms with Crippen LogP contribution < -0.4 is 10.1 Å². The molecule has 4 aromatic rings. The van der Waals surface area contributed by atoms with Crippen LogP contribution in [0.25, 0.3) is 16.9 Å². The zero-order valence-electron chi connectivity index (χ0n) is 15.8. The standard InChI is InChI=1S/C20H13F4N5O2/c1-11-18(19(30)27-16-8-6-12(21)10-25-16)29-17(26-11)9-7-14(28-29)13-4-2-3-5-15(13)31-20(22,23)24/h2-10H,1H3,(H,25,27,30). The fourth-order valence-electron chi connectivity index (χ4n) is 2.96. The van der Waals surface area contributed by atoms with Crippen molar-refractivity contribution in [1.82, 2.24) is 19.6 Å². The molecule has 0 aliphatic rings. The zero-order valence-corrected chi connectivity index (χ0v) is 15.8. The Kier molecular flexibility index (Phi) is 5.01. The van der Waals surface area contributed by atoms with E-state index in [-0.39, 0.29) is 22.8 Å². The number of ether oxygens (including phenoxy) is 1. The topological polar surface area (TPSA) is 81.4 Å². The molecule has 0 radical (unpaired) electrons. The molecular formula is C20H13F4N5O2. The summed E-state index contributed by atoms with van der Waals surface area (Å²) >= 11 is 0. The van der Waals surface area contributed by atoms with Gasteiger partial charge in [0.1, 0.15) is 17.4 Å². The van der Waals surface area contributed by atoms with Gasteiger partial charge in [-0.25, -0.2) is 18.9 Å². The Hall–Kier alpha value is -4.02. The lowest BCUT2D eigenvalue weighted by Crippen LogP contribution is -2.18. The highest BCUT2D eigenvalue weighted by atomic mass is 19.4. The van der Waals surface area contributed by atoms with E-state index in [0.717, 1.165) is 12.3 Å². The van der Waals surface area contributed by atoms with Crippen LogP contribution in [0.4, 0.5) is 23.4 Å². The third-order valence-corrected chi connectivity index (χ3v) is 4.22. The summed E-state index contributed by atoms with van der Waals surface area (Å²) in [4.78, 5) is 20.8. The number of alkyl halides is 3. The Morgan fingerprint density at radius 2 is 1.87 bits per heavy atom. The molecule has 3 aromatic heterocycles. The van der Waals surface area contributed by atoms with Gasteiger partial charge < -0.3 is 10.1 Å². The molecule has 7 nitrogen and oxygen atoms in total. The number of hydrogen-bond donors (Lipinski definition) is 1. The summed E-state index contributed by atoms with van der Waals surface area (Å²) in [6, 6.07) is 10.9. The predicted molar refractivity (Wildman–Crippen MR) is 102 cm³/mol. The monoisotopic (exact) mass is 431 g/mol. The van der Waals surface area contributed by atoms with Gasteiger partial charge in [-0.05, 0) is 43.3 Å². The molecule has 0 spiro atoms. The maximum Gasteiger partial charge on any atom is 0.573 e. The van der Waals surface area contributed by atoms with Crippen molar-refractivity contribution in [3.05, 3.63) is 71.9 Å². The van der Waals surface area contributed by atoms with Crippen LogP contribution in [0.2, 0.25) is 0 Å². The molecule has 4 rings (SSSR count). The van der Waals surface area contributed by atoms with Crippen LogP contribution in [0.3, 0.4) is 0 Å². The van der Waals surface area contributed by atoms with Gasteiger partial charge in [0.2, 0.25) is 0 Å². The summed E-state index contributed by atoms with van der Waals surface area (Å²) in [6.07, 6.45) is -3.93. The maximum absolute atomic E-state index is 13.0. The number of fused-ring (bicyclic) bond motifs is 1. The fraction of sp³-hybridized carbons (Fsp3) is 0.100. The largest absolute Gasteiger partial charge is 0.573 e. The minimum atomic E-state index is -4.88. The second kappa shape index (κ2) is 7.67. The third kappa shape index (κ3) is 4.29. The van der Waals surface area contributed by atoms with Gasteiger partial charge >= 0.3 is 6.36 Å². The first-order valence-corrected chi connectivity index (χ1v) is 8.86. The second-order valence-corrected chi connectivity index (χ2v) is 6.39. The van der Waals surface area contributed by atoms with E-state index < -0.39 is 23.8 Å². The molecular weight excluding hydrogens is 418 g/mol. The van der Waals surface area contributed by atoms with Gasteiger partial charge in [0, 0.05) is 5.56 Å². The molecule has 158 valence electrons. The van der Waals surface area contributed by atoms with Crippen molar-refractivity contribution in [3.8, 4) is 17.0 Å². The number of amides is 1. The number of anilines is 1. The Bertz CT molecular complexity index is 1270.